The van der Waals surface area contributed by atoms with Crippen LogP contribution < -0.4 is 0 Å². The summed E-state index contributed by atoms with van der Waals surface area (Å²) in [5, 5.41) is 0. The highest BCUT2D eigenvalue weighted by Gasteiger charge is 2.65. The molecule has 74 valence electrons. The summed E-state index contributed by atoms with van der Waals surface area (Å²) in [6.07, 6.45) is 4.90. The lowest BCUT2D eigenvalue weighted by molar-refractivity contribution is -0.142. The summed E-state index contributed by atoms with van der Waals surface area (Å²) >= 11 is 0. The average molecular weight is 190 g/mol. The van der Waals surface area contributed by atoms with E-state index in [-0.39, 0.29) is 23.4 Å². The van der Waals surface area contributed by atoms with Crippen LogP contribution in [0.3, 0.4) is 0 Å². The van der Waals surface area contributed by atoms with Gasteiger partial charge in [-0.1, -0.05) is 0 Å². The van der Waals surface area contributed by atoms with Crippen LogP contribution in [0, 0.1) is 35.5 Å². The summed E-state index contributed by atoms with van der Waals surface area (Å²) in [5.41, 5.74) is 0. The van der Waals surface area contributed by atoms with Crippen molar-refractivity contribution in [1.82, 2.24) is 0 Å². The summed E-state index contributed by atoms with van der Waals surface area (Å²) in [7, 11) is 0. The number of hydrogen-bond acceptors (Lipinski definition) is 2. The van der Waals surface area contributed by atoms with Crippen molar-refractivity contribution in [3.63, 3.8) is 0 Å². The minimum atomic E-state index is -0.0104. The molecule has 0 aromatic heterocycles. The van der Waals surface area contributed by atoms with Gasteiger partial charge in [0.1, 0.15) is 0 Å². The van der Waals surface area contributed by atoms with Crippen molar-refractivity contribution >= 4 is 11.6 Å². The van der Waals surface area contributed by atoms with Gasteiger partial charge in [0.15, 0.2) is 0 Å². The molecule has 6 atom stereocenters. The van der Waals surface area contributed by atoms with Crippen LogP contribution in [0.15, 0.2) is 0 Å². The van der Waals surface area contributed by atoms with Crippen molar-refractivity contribution in [2.45, 2.75) is 25.7 Å². The van der Waals surface area contributed by atoms with Crippen molar-refractivity contribution in [3.05, 3.63) is 0 Å². The van der Waals surface area contributed by atoms with Gasteiger partial charge in [0.2, 0.25) is 11.6 Å². The second-order valence-corrected chi connectivity index (χ2v) is 5.67. The SMILES string of the molecule is O=C1C(=O)[C@H]2CC1C1C2[C@H]2CC[C@@H]1C2. The Morgan fingerprint density at radius 1 is 0.786 bits per heavy atom. The van der Waals surface area contributed by atoms with Gasteiger partial charge >= 0.3 is 0 Å². The lowest BCUT2D eigenvalue weighted by Crippen LogP contribution is -2.38. The van der Waals surface area contributed by atoms with Crippen molar-refractivity contribution < 1.29 is 9.59 Å². The van der Waals surface area contributed by atoms with Crippen LogP contribution >= 0.6 is 0 Å². The Bertz CT molecular complexity index is 314. The first-order valence-electron chi connectivity index (χ1n) is 5.85. The molecule has 4 saturated carbocycles. The smallest absolute Gasteiger partial charge is 0.202 e. The zero-order valence-corrected chi connectivity index (χ0v) is 8.11. The molecule has 4 rings (SSSR count). The molecule has 4 aliphatic rings. The molecule has 0 spiro atoms. The zero-order chi connectivity index (χ0) is 9.45. The molecule has 0 heterocycles. The molecule has 0 aromatic carbocycles. The molecule has 2 heteroatoms. The van der Waals surface area contributed by atoms with Crippen LogP contribution in [-0.4, -0.2) is 11.6 Å². The van der Waals surface area contributed by atoms with E-state index in [2.05, 4.69) is 0 Å². The number of ketones is 2. The minimum Gasteiger partial charge on any atom is -0.291 e. The first kappa shape index (κ1) is 7.61. The van der Waals surface area contributed by atoms with E-state index in [0.29, 0.717) is 11.8 Å². The summed E-state index contributed by atoms with van der Waals surface area (Å²) in [5.74, 6) is 3.16. The highest BCUT2D eigenvalue weighted by Crippen LogP contribution is 2.65. The second kappa shape index (κ2) is 2.12. The van der Waals surface area contributed by atoms with Crippen molar-refractivity contribution in [3.8, 4) is 0 Å². The van der Waals surface area contributed by atoms with Gasteiger partial charge in [-0.25, -0.2) is 0 Å². The fourth-order valence-corrected chi connectivity index (χ4v) is 5.09. The van der Waals surface area contributed by atoms with E-state index in [4.69, 9.17) is 0 Å². The van der Waals surface area contributed by atoms with Crippen molar-refractivity contribution in [2.75, 3.05) is 0 Å². The summed E-state index contributed by atoms with van der Waals surface area (Å²) in [6, 6.07) is 0. The lowest BCUT2D eigenvalue weighted by atomic mass is 9.70. The highest BCUT2D eigenvalue weighted by atomic mass is 16.2. The van der Waals surface area contributed by atoms with Crippen molar-refractivity contribution in [2.24, 2.45) is 35.5 Å². The maximum Gasteiger partial charge on any atom is 0.202 e. The zero-order valence-electron chi connectivity index (χ0n) is 8.11. The van der Waals surface area contributed by atoms with Gasteiger partial charge in [-0.05, 0) is 49.4 Å². The van der Waals surface area contributed by atoms with Crippen LogP contribution in [0.25, 0.3) is 0 Å². The van der Waals surface area contributed by atoms with Crippen LogP contribution in [0.5, 0.6) is 0 Å². The van der Waals surface area contributed by atoms with Gasteiger partial charge < -0.3 is 0 Å². The van der Waals surface area contributed by atoms with Crippen LogP contribution in [-0.2, 0) is 9.59 Å². The Morgan fingerprint density at radius 3 is 1.79 bits per heavy atom. The number of carbonyl (C=O) groups excluding carboxylic acids is 2. The fourth-order valence-electron chi connectivity index (χ4n) is 5.09. The molecule has 2 nitrogen and oxygen atoms in total. The molecule has 0 aliphatic heterocycles. The molecule has 0 radical (unpaired) electrons. The van der Waals surface area contributed by atoms with Gasteiger partial charge in [-0.3, -0.25) is 9.59 Å². The third kappa shape index (κ3) is 0.617. The minimum absolute atomic E-state index is 0.0104. The van der Waals surface area contributed by atoms with Gasteiger partial charge in [0.05, 0.1) is 0 Å². The third-order valence-electron chi connectivity index (χ3n) is 5.40. The van der Waals surface area contributed by atoms with Gasteiger partial charge in [-0.15, -0.1) is 0 Å². The predicted octanol–water partition coefficient (Wildman–Crippen LogP) is 1.44. The molecule has 0 saturated heterocycles. The summed E-state index contributed by atoms with van der Waals surface area (Å²) < 4.78 is 0. The van der Waals surface area contributed by atoms with Gasteiger partial charge in [0, 0.05) is 11.8 Å². The third-order valence-corrected chi connectivity index (χ3v) is 5.40. The number of carbonyl (C=O) groups is 2. The maximum absolute atomic E-state index is 11.6. The highest BCUT2D eigenvalue weighted by molar-refractivity contribution is 6.41. The number of rotatable bonds is 0. The monoisotopic (exact) mass is 190 g/mol. The molecular formula is C12H14O2. The average Bonchev–Trinajstić information content (AvgIpc) is 2.87. The lowest BCUT2D eigenvalue weighted by Gasteiger charge is -2.32. The van der Waals surface area contributed by atoms with E-state index >= 15 is 0 Å². The number of hydrogen-bond donors (Lipinski definition) is 0. The Balaban J connectivity index is 1.81. The Morgan fingerprint density at radius 2 is 1.29 bits per heavy atom. The van der Waals surface area contributed by atoms with E-state index in [0.717, 1.165) is 18.3 Å². The normalized spacial score (nSPS) is 58.6. The largest absolute Gasteiger partial charge is 0.291 e. The number of fused-ring (bicyclic) bond motifs is 9. The van der Waals surface area contributed by atoms with E-state index < -0.39 is 0 Å². The fraction of sp³-hybridized carbons (Fsp3) is 0.833. The number of Topliss-reactive ketones (excluding diaryl/α,β-unsaturated/α-hetero) is 2. The molecule has 0 amide bonds. The molecule has 4 bridgehead atoms. The van der Waals surface area contributed by atoms with Crippen LogP contribution in [0.1, 0.15) is 25.7 Å². The van der Waals surface area contributed by atoms with E-state index in [1.807, 2.05) is 0 Å². The molecule has 14 heavy (non-hydrogen) atoms. The summed E-state index contributed by atoms with van der Waals surface area (Å²) in [6.45, 7) is 0. The Kier molecular flexibility index (Phi) is 1.15. The molecule has 0 N–H and O–H groups in total. The van der Waals surface area contributed by atoms with Gasteiger partial charge in [-0.2, -0.15) is 0 Å². The molecule has 0 aromatic rings. The first-order chi connectivity index (χ1) is 6.77. The topological polar surface area (TPSA) is 34.1 Å². The van der Waals surface area contributed by atoms with Gasteiger partial charge in [0.25, 0.3) is 0 Å². The molecule has 4 aliphatic carbocycles. The predicted molar refractivity (Wildman–Crippen MR) is 49.4 cm³/mol. The maximum atomic E-state index is 11.6. The standard InChI is InChI=1S/C12H14O2/c13-11-7-4-8(12(11)14)10-6-2-1-5(3-6)9(7)10/h5-10H,1-4H2/t5-,6+,7-,8?,9?,10?/m0/s1. The Labute approximate surface area is 83.1 Å². The second-order valence-electron chi connectivity index (χ2n) is 5.67. The molecule has 3 unspecified atom stereocenters. The van der Waals surface area contributed by atoms with E-state index in [1.165, 1.54) is 19.3 Å². The van der Waals surface area contributed by atoms with Crippen molar-refractivity contribution in [1.29, 1.82) is 0 Å². The Hall–Kier alpha value is -0.660. The summed E-state index contributed by atoms with van der Waals surface area (Å²) in [4.78, 5) is 23.3. The van der Waals surface area contributed by atoms with Crippen LogP contribution in [0.2, 0.25) is 0 Å². The van der Waals surface area contributed by atoms with E-state index in [1.54, 1.807) is 0 Å². The quantitative estimate of drug-likeness (QED) is 0.428. The first-order valence-corrected chi connectivity index (χ1v) is 5.85. The van der Waals surface area contributed by atoms with Crippen LogP contribution in [0.4, 0.5) is 0 Å². The molecule has 4 fully saturated rings. The molecular weight excluding hydrogens is 176 g/mol. The van der Waals surface area contributed by atoms with E-state index in [9.17, 15) is 9.59 Å².